The number of nitrogens with one attached hydrogen (secondary N) is 3. The van der Waals surface area contributed by atoms with E-state index in [4.69, 9.17) is 5.14 Å². The molecule has 1 atom stereocenters. The van der Waals surface area contributed by atoms with Crippen molar-refractivity contribution in [3.05, 3.63) is 75.4 Å². The lowest BCUT2D eigenvalue weighted by Crippen LogP contribution is -2.47. The Labute approximate surface area is 192 Å². The highest BCUT2D eigenvalue weighted by Gasteiger charge is 2.24. The third kappa shape index (κ3) is 5.07. The van der Waals surface area contributed by atoms with Gasteiger partial charge in [-0.1, -0.05) is 24.3 Å². The van der Waals surface area contributed by atoms with Crippen molar-refractivity contribution < 1.29 is 18.0 Å². The van der Waals surface area contributed by atoms with E-state index in [0.29, 0.717) is 16.2 Å². The molecule has 1 unspecified atom stereocenters. The van der Waals surface area contributed by atoms with Crippen molar-refractivity contribution in [3.63, 3.8) is 0 Å². The molecule has 3 heterocycles. The molecule has 8 nitrogen and oxygen atoms in total. The van der Waals surface area contributed by atoms with Gasteiger partial charge in [0.15, 0.2) is 0 Å². The van der Waals surface area contributed by atoms with Gasteiger partial charge in [-0.05, 0) is 35.2 Å². The minimum absolute atomic E-state index is 0.0306. The normalized spacial score (nSPS) is 12.5. The third-order valence-electron chi connectivity index (χ3n) is 4.82. The van der Waals surface area contributed by atoms with E-state index in [-0.39, 0.29) is 22.6 Å². The van der Waals surface area contributed by atoms with Gasteiger partial charge in [-0.3, -0.25) is 9.59 Å². The summed E-state index contributed by atoms with van der Waals surface area (Å²) in [5.74, 6) is -0.696. The average Bonchev–Trinajstić information content (AvgIpc) is 3.52. The van der Waals surface area contributed by atoms with E-state index in [9.17, 15) is 18.0 Å². The number of aromatic amines is 1. The van der Waals surface area contributed by atoms with Crippen molar-refractivity contribution in [2.45, 2.75) is 23.2 Å². The zero-order valence-electron chi connectivity index (χ0n) is 16.7. The molecule has 11 heteroatoms. The summed E-state index contributed by atoms with van der Waals surface area (Å²) >= 11 is 2.29. The molecule has 5 N–H and O–H groups in total. The molecule has 0 aliphatic carbocycles. The molecule has 32 heavy (non-hydrogen) atoms. The van der Waals surface area contributed by atoms with E-state index >= 15 is 0 Å². The number of rotatable bonds is 8. The second-order valence-electron chi connectivity index (χ2n) is 7.05. The maximum atomic E-state index is 13.0. The van der Waals surface area contributed by atoms with Gasteiger partial charge >= 0.3 is 0 Å². The number of thiophene rings is 2. The number of hydrogen-bond acceptors (Lipinski definition) is 6. The van der Waals surface area contributed by atoms with E-state index in [2.05, 4.69) is 15.6 Å². The Morgan fingerprint density at radius 1 is 1.09 bits per heavy atom. The largest absolute Gasteiger partial charge is 0.361 e. The Bertz CT molecular complexity index is 1360. The number of fused-ring (bicyclic) bond motifs is 1. The van der Waals surface area contributed by atoms with Crippen LogP contribution in [0.4, 0.5) is 0 Å². The van der Waals surface area contributed by atoms with Gasteiger partial charge in [0.2, 0.25) is 15.9 Å². The van der Waals surface area contributed by atoms with Crippen molar-refractivity contribution in [2.75, 3.05) is 0 Å². The van der Waals surface area contributed by atoms with E-state index in [1.54, 1.807) is 23.6 Å². The maximum absolute atomic E-state index is 13.0. The van der Waals surface area contributed by atoms with Gasteiger partial charge in [0.1, 0.15) is 10.3 Å². The average molecular weight is 489 g/mol. The fourth-order valence-electron chi connectivity index (χ4n) is 3.27. The third-order valence-corrected chi connectivity index (χ3v) is 8.21. The number of primary sulfonamides is 1. The fourth-order valence-corrected chi connectivity index (χ4v) is 5.62. The van der Waals surface area contributed by atoms with Crippen LogP contribution in [0.1, 0.15) is 20.1 Å². The molecule has 0 fully saturated rings. The SMILES string of the molecule is NS(=O)(=O)c1ccc(CNC(=O)C(Cc2c[nH]c3ccccc23)NC(=O)c2cccs2)s1. The summed E-state index contributed by atoms with van der Waals surface area (Å²) in [6, 6.07) is 13.4. The number of para-hydroxylation sites is 1. The molecule has 0 aliphatic rings. The highest BCUT2D eigenvalue weighted by Crippen LogP contribution is 2.21. The number of sulfonamides is 1. The van der Waals surface area contributed by atoms with Crippen LogP contribution >= 0.6 is 22.7 Å². The van der Waals surface area contributed by atoms with Crippen LogP contribution in [-0.2, 0) is 27.8 Å². The molecule has 1 aromatic carbocycles. The highest BCUT2D eigenvalue weighted by molar-refractivity contribution is 7.91. The first-order valence-corrected chi connectivity index (χ1v) is 12.8. The summed E-state index contributed by atoms with van der Waals surface area (Å²) < 4.78 is 23.0. The molecule has 3 aromatic heterocycles. The molecule has 0 bridgehead atoms. The molecule has 0 radical (unpaired) electrons. The Hall–Kier alpha value is -2.99. The molecule has 4 aromatic rings. The summed E-state index contributed by atoms with van der Waals surface area (Å²) in [7, 11) is -3.79. The number of nitrogens with two attached hydrogens (primary N) is 1. The lowest BCUT2D eigenvalue weighted by Gasteiger charge is -2.18. The molecule has 0 aliphatic heterocycles. The van der Waals surface area contributed by atoms with Gasteiger partial charge < -0.3 is 15.6 Å². The van der Waals surface area contributed by atoms with Gasteiger partial charge in [-0.15, -0.1) is 22.7 Å². The van der Waals surface area contributed by atoms with Gasteiger partial charge in [0.25, 0.3) is 5.91 Å². The molecule has 0 saturated carbocycles. The summed E-state index contributed by atoms with van der Waals surface area (Å²) in [4.78, 5) is 30.0. The van der Waals surface area contributed by atoms with Crippen LogP contribution < -0.4 is 15.8 Å². The zero-order valence-corrected chi connectivity index (χ0v) is 19.1. The molecule has 4 rings (SSSR count). The van der Waals surface area contributed by atoms with Crippen LogP contribution in [0.5, 0.6) is 0 Å². The fraction of sp³-hybridized carbons (Fsp3) is 0.143. The van der Waals surface area contributed by atoms with Gasteiger partial charge in [0, 0.05) is 28.4 Å². The number of carbonyl (C=O) groups excluding carboxylic acids is 2. The number of benzene rings is 1. The van der Waals surface area contributed by atoms with E-state index < -0.39 is 16.1 Å². The first-order chi connectivity index (χ1) is 15.3. The van der Waals surface area contributed by atoms with E-state index in [0.717, 1.165) is 27.8 Å². The lowest BCUT2D eigenvalue weighted by molar-refractivity contribution is -0.123. The molecular weight excluding hydrogens is 468 g/mol. The van der Waals surface area contributed by atoms with Gasteiger partial charge in [-0.25, -0.2) is 13.6 Å². The minimum Gasteiger partial charge on any atom is -0.361 e. The molecule has 0 saturated heterocycles. The van der Waals surface area contributed by atoms with Crippen LogP contribution in [0.25, 0.3) is 10.9 Å². The Balaban J connectivity index is 1.51. The number of H-pyrrole nitrogens is 1. The summed E-state index contributed by atoms with van der Waals surface area (Å²) in [6.07, 6.45) is 2.12. The maximum Gasteiger partial charge on any atom is 0.262 e. The molecule has 2 amide bonds. The van der Waals surface area contributed by atoms with E-state index in [1.807, 2.05) is 30.5 Å². The minimum atomic E-state index is -3.79. The monoisotopic (exact) mass is 488 g/mol. The highest BCUT2D eigenvalue weighted by atomic mass is 32.2. The van der Waals surface area contributed by atoms with Crippen LogP contribution in [0.2, 0.25) is 0 Å². The standard InChI is InChI=1S/C21H20N4O4S3/c22-32(28,29)19-8-7-14(31-19)12-24-20(26)17(25-21(27)18-6-3-9-30-18)10-13-11-23-16-5-2-1-4-15(13)16/h1-9,11,17,23H,10,12H2,(H,24,26)(H,25,27)(H2,22,28,29). The number of carbonyl (C=O) groups is 2. The summed E-state index contributed by atoms with van der Waals surface area (Å²) in [5, 5.41) is 13.5. The smallest absolute Gasteiger partial charge is 0.262 e. The number of aromatic nitrogens is 1. The zero-order chi connectivity index (χ0) is 22.7. The first kappa shape index (κ1) is 22.2. The predicted octanol–water partition coefficient (Wildman–Crippen LogP) is 2.60. The summed E-state index contributed by atoms with van der Waals surface area (Å²) in [6.45, 7) is 0.123. The van der Waals surface area contributed by atoms with Crippen molar-refractivity contribution in [2.24, 2.45) is 5.14 Å². The number of hydrogen-bond donors (Lipinski definition) is 4. The number of amides is 2. The van der Waals surface area contributed by atoms with Gasteiger partial charge in [0.05, 0.1) is 11.4 Å². The van der Waals surface area contributed by atoms with Crippen LogP contribution in [-0.4, -0.2) is 31.3 Å². The lowest BCUT2D eigenvalue weighted by atomic mass is 10.0. The van der Waals surface area contributed by atoms with Crippen molar-refractivity contribution in [1.82, 2.24) is 15.6 Å². The first-order valence-electron chi connectivity index (χ1n) is 9.60. The molecule has 166 valence electrons. The quantitative estimate of drug-likeness (QED) is 0.303. The van der Waals surface area contributed by atoms with Crippen molar-refractivity contribution >= 4 is 55.4 Å². The van der Waals surface area contributed by atoms with E-state index in [1.165, 1.54) is 17.4 Å². The summed E-state index contributed by atoms with van der Waals surface area (Å²) in [5.41, 5.74) is 1.85. The van der Waals surface area contributed by atoms with Gasteiger partial charge in [-0.2, -0.15) is 0 Å². The van der Waals surface area contributed by atoms with Crippen molar-refractivity contribution in [3.8, 4) is 0 Å². The predicted molar refractivity (Wildman–Crippen MR) is 125 cm³/mol. The van der Waals surface area contributed by atoms with Crippen LogP contribution in [0, 0.1) is 0 Å². The Morgan fingerprint density at radius 2 is 1.91 bits per heavy atom. The Morgan fingerprint density at radius 3 is 2.62 bits per heavy atom. The van der Waals surface area contributed by atoms with Crippen molar-refractivity contribution in [1.29, 1.82) is 0 Å². The van der Waals surface area contributed by atoms with Crippen LogP contribution in [0.3, 0.4) is 0 Å². The second kappa shape index (κ2) is 9.25. The van der Waals surface area contributed by atoms with Crippen LogP contribution in [0.15, 0.2) is 64.3 Å². The Kier molecular flexibility index (Phi) is 6.42. The second-order valence-corrected chi connectivity index (χ2v) is 11.0. The topological polar surface area (TPSA) is 134 Å². The molecular formula is C21H20N4O4S3. The molecule has 0 spiro atoms.